The van der Waals surface area contributed by atoms with Crippen LogP contribution in [-0.2, 0) is 4.79 Å². The molecule has 5 nitrogen and oxygen atoms in total. The van der Waals surface area contributed by atoms with E-state index < -0.39 is 0 Å². The lowest BCUT2D eigenvalue weighted by Crippen LogP contribution is -2.49. The van der Waals surface area contributed by atoms with E-state index in [0.717, 1.165) is 30.0 Å². The van der Waals surface area contributed by atoms with Crippen molar-refractivity contribution in [2.24, 2.45) is 5.92 Å². The minimum atomic E-state index is -0.0314. The summed E-state index contributed by atoms with van der Waals surface area (Å²) in [7, 11) is 0. The molecule has 2 saturated heterocycles. The summed E-state index contributed by atoms with van der Waals surface area (Å²) in [6, 6.07) is 12.1. The van der Waals surface area contributed by atoms with E-state index >= 15 is 0 Å². The first-order valence-corrected chi connectivity index (χ1v) is 8.11. The molecule has 0 aliphatic carbocycles. The third-order valence-electron chi connectivity index (χ3n) is 4.82. The highest BCUT2D eigenvalue weighted by Gasteiger charge is 2.44. The average Bonchev–Trinajstić information content (AvgIpc) is 3.07. The van der Waals surface area contributed by atoms with E-state index in [1.807, 2.05) is 44.2 Å². The molecule has 2 aromatic rings. The van der Waals surface area contributed by atoms with Crippen molar-refractivity contribution in [2.75, 3.05) is 5.01 Å². The van der Waals surface area contributed by atoms with E-state index in [0.29, 0.717) is 0 Å². The summed E-state index contributed by atoms with van der Waals surface area (Å²) in [6.07, 6.45) is 1.79. The summed E-state index contributed by atoms with van der Waals surface area (Å²) in [5.74, 6) is 2.03. The standard InChI is InChI=1S/C18H21N3O2/c1-11-10-15(12(2)23-11)16-9-8-14-17(19-16)20-21(18(14)22)13-6-4-3-5-7-13/h3-7,10,14,16-17,19-20H,8-9H2,1-2H3. The molecule has 0 bridgehead atoms. The molecule has 2 aliphatic heterocycles. The maximum atomic E-state index is 12.7. The van der Waals surface area contributed by atoms with Gasteiger partial charge in [0, 0.05) is 11.6 Å². The molecular weight excluding hydrogens is 290 g/mol. The fourth-order valence-corrected chi connectivity index (χ4v) is 3.71. The molecule has 1 amide bonds. The highest BCUT2D eigenvalue weighted by Crippen LogP contribution is 2.35. The van der Waals surface area contributed by atoms with E-state index in [2.05, 4.69) is 16.8 Å². The molecule has 2 N–H and O–H groups in total. The minimum absolute atomic E-state index is 0.0141. The van der Waals surface area contributed by atoms with Gasteiger partial charge in [0.2, 0.25) is 5.91 Å². The van der Waals surface area contributed by atoms with Crippen LogP contribution in [-0.4, -0.2) is 12.1 Å². The second-order valence-electron chi connectivity index (χ2n) is 6.39. The number of hydrazine groups is 1. The lowest BCUT2D eigenvalue weighted by atomic mass is 9.89. The zero-order valence-corrected chi connectivity index (χ0v) is 13.4. The van der Waals surface area contributed by atoms with Crippen molar-refractivity contribution in [3.8, 4) is 0 Å². The third kappa shape index (κ3) is 2.46. The molecule has 3 heterocycles. The number of benzene rings is 1. The normalized spacial score (nSPS) is 27.3. The first-order valence-electron chi connectivity index (χ1n) is 8.11. The second kappa shape index (κ2) is 5.51. The summed E-state index contributed by atoms with van der Waals surface area (Å²) in [6.45, 7) is 3.97. The number of piperidine rings is 1. The summed E-state index contributed by atoms with van der Waals surface area (Å²) in [5, 5.41) is 5.26. The molecule has 0 radical (unpaired) electrons. The zero-order chi connectivity index (χ0) is 16.0. The SMILES string of the molecule is Cc1cc(C2CCC3C(=O)N(c4ccccc4)NC3N2)c(C)o1. The van der Waals surface area contributed by atoms with Crippen LogP contribution in [0.4, 0.5) is 5.69 Å². The van der Waals surface area contributed by atoms with Crippen LogP contribution in [0.15, 0.2) is 40.8 Å². The quantitative estimate of drug-likeness (QED) is 0.895. The van der Waals surface area contributed by atoms with Gasteiger partial charge in [-0.25, -0.2) is 10.4 Å². The van der Waals surface area contributed by atoms with Crippen molar-refractivity contribution in [3.05, 3.63) is 53.5 Å². The van der Waals surface area contributed by atoms with E-state index in [4.69, 9.17) is 4.42 Å². The summed E-state index contributed by atoms with van der Waals surface area (Å²) in [5.41, 5.74) is 5.42. The topological polar surface area (TPSA) is 57.5 Å². The van der Waals surface area contributed by atoms with Gasteiger partial charge in [0.05, 0.1) is 17.8 Å². The van der Waals surface area contributed by atoms with Crippen molar-refractivity contribution in [1.82, 2.24) is 10.7 Å². The maximum absolute atomic E-state index is 12.7. The predicted molar refractivity (Wildman–Crippen MR) is 87.6 cm³/mol. The number of hydrogen-bond donors (Lipinski definition) is 2. The van der Waals surface area contributed by atoms with Crippen LogP contribution in [0.3, 0.4) is 0 Å². The number of aryl methyl sites for hydroxylation is 2. The van der Waals surface area contributed by atoms with Gasteiger partial charge in [0.15, 0.2) is 0 Å². The fourth-order valence-electron chi connectivity index (χ4n) is 3.71. The van der Waals surface area contributed by atoms with Crippen LogP contribution in [0.5, 0.6) is 0 Å². The number of hydrogen-bond acceptors (Lipinski definition) is 4. The molecule has 4 rings (SSSR count). The molecule has 2 fully saturated rings. The number of anilines is 1. The predicted octanol–water partition coefficient (Wildman–Crippen LogP) is 2.81. The Kier molecular flexibility index (Phi) is 3.47. The monoisotopic (exact) mass is 311 g/mol. The first-order chi connectivity index (χ1) is 11.1. The Balaban J connectivity index is 1.55. The number of fused-ring (bicyclic) bond motifs is 1. The Morgan fingerprint density at radius 2 is 1.96 bits per heavy atom. The molecule has 1 aromatic carbocycles. The summed E-state index contributed by atoms with van der Waals surface area (Å²) < 4.78 is 5.65. The summed E-state index contributed by atoms with van der Waals surface area (Å²) in [4.78, 5) is 12.7. The number of para-hydroxylation sites is 1. The molecule has 0 saturated carbocycles. The zero-order valence-electron chi connectivity index (χ0n) is 13.4. The Labute approximate surface area is 135 Å². The van der Waals surface area contributed by atoms with Crippen LogP contribution in [0.25, 0.3) is 0 Å². The Hall–Kier alpha value is -2.11. The fraction of sp³-hybridized carbons (Fsp3) is 0.389. The van der Waals surface area contributed by atoms with Crippen molar-refractivity contribution in [2.45, 2.75) is 38.9 Å². The van der Waals surface area contributed by atoms with Gasteiger partial charge in [0.25, 0.3) is 0 Å². The van der Waals surface area contributed by atoms with E-state index in [-0.39, 0.29) is 24.0 Å². The van der Waals surface area contributed by atoms with Crippen molar-refractivity contribution >= 4 is 11.6 Å². The number of carbonyl (C=O) groups excluding carboxylic acids is 1. The van der Waals surface area contributed by atoms with Gasteiger partial charge in [-0.2, -0.15) is 0 Å². The molecule has 2 aliphatic rings. The van der Waals surface area contributed by atoms with Gasteiger partial charge in [-0.05, 0) is 44.9 Å². The highest BCUT2D eigenvalue weighted by atomic mass is 16.3. The second-order valence-corrected chi connectivity index (χ2v) is 6.39. The number of nitrogens with zero attached hydrogens (tertiary/aromatic N) is 1. The number of rotatable bonds is 2. The van der Waals surface area contributed by atoms with Gasteiger partial charge in [-0.1, -0.05) is 18.2 Å². The Morgan fingerprint density at radius 1 is 1.17 bits per heavy atom. The molecule has 23 heavy (non-hydrogen) atoms. The molecule has 3 atom stereocenters. The smallest absolute Gasteiger partial charge is 0.247 e. The van der Waals surface area contributed by atoms with E-state index in [9.17, 15) is 4.79 Å². The van der Waals surface area contributed by atoms with Crippen LogP contribution >= 0.6 is 0 Å². The van der Waals surface area contributed by atoms with Gasteiger partial charge < -0.3 is 4.42 Å². The van der Waals surface area contributed by atoms with Crippen molar-refractivity contribution < 1.29 is 9.21 Å². The third-order valence-corrected chi connectivity index (χ3v) is 4.82. The van der Waals surface area contributed by atoms with Crippen molar-refractivity contribution in [1.29, 1.82) is 0 Å². The molecule has 3 unspecified atom stereocenters. The molecule has 0 spiro atoms. The lowest BCUT2D eigenvalue weighted by Gasteiger charge is -2.31. The van der Waals surface area contributed by atoms with Gasteiger partial charge >= 0.3 is 0 Å². The average molecular weight is 311 g/mol. The van der Waals surface area contributed by atoms with E-state index in [1.165, 1.54) is 5.56 Å². The summed E-state index contributed by atoms with van der Waals surface area (Å²) >= 11 is 0. The first kappa shape index (κ1) is 14.5. The largest absolute Gasteiger partial charge is 0.466 e. The molecule has 1 aromatic heterocycles. The number of carbonyl (C=O) groups is 1. The van der Waals surface area contributed by atoms with Gasteiger partial charge in [0.1, 0.15) is 11.5 Å². The lowest BCUT2D eigenvalue weighted by molar-refractivity contribution is -0.121. The number of amides is 1. The van der Waals surface area contributed by atoms with Crippen LogP contribution < -0.4 is 15.8 Å². The molecule has 5 heteroatoms. The van der Waals surface area contributed by atoms with Crippen LogP contribution in [0, 0.1) is 19.8 Å². The highest BCUT2D eigenvalue weighted by molar-refractivity contribution is 5.96. The van der Waals surface area contributed by atoms with Crippen LogP contribution in [0.2, 0.25) is 0 Å². The number of nitrogens with one attached hydrogen (secondary N) is 2. The van der Waals surface area contributed by atoms with Crippen LogP contribution in [0.1, 0.15) is 36.0 Å². The van der Waals surface area contributed by atoms with Crippen molar-refractivity contribution in [3.63, 3.8) is 0 Å². The molecular formula is C18H21N3O2. The van der Waals surface area contributed by atoms with Gasteiger partial charge in [-0.15, -0.1) is 0 Å². The Morgan fingerprint density at radius 3 is 2.65 bits per heavy atom. The minimum Gasteiger partial charge on any atom is -0.466 e. The van der Waals surface area contributed by atoms with E-state index in [1.54, 1.807) is 5.01 Å². The Bertz CT molecular complexity index is 725. The number of furan rings is 1. The maximum Gasteiger partial charge on any atom is 0.247 e. The molecule has 120 valence electrons. The van der Waals surface area contributed by atoms with Gasteiger partial charge in [-0.3, -0.25) is 10.1 Å².